The van der Waals surface area contributed by atoms with E-state index in [9.17, 15) is 19.1 Å². The molecule has 1 aliphatic rings. The number of amides is 1. The van der Waals surface area contributed by atoms with Crippen LogP contribution in [0.1, 0.15) is 17.5 Å². The van der Waals surface area contributed by atoms with Crippen LogP contribution in [0.15, 0.2) is 48.5 Å². The van der Waals surface area contributed by atoms with Crippen LogP contribution < -0.4 is 4.74 Å². The fourth-order valence-corrected chi connectivity index (χ4v) is 2.89. The normalized spacial score (nSPS) is 18.8. The third kappa shape index (κ3) is 3.06. The number of benzene rings is 2. The Hall–Kier alpha value is -2.93. The van der Waals surface area contributed by atoms with Crippen molar-refractivity contribution >= 4 is 12.4 Å². The molecule has 1 amide bonds. The third-order valence-electron chi connectivity index (χ3n) is 4.15. The minimum atomic E-state index is -1.85. The van der Waals surface area contributed by atoms with Gasteiger partial charge in [-0.25, -0.2) is 14.2 Å². The van der Waals surface area contributed by atoms with Gasteiger partial charge in [-0.3, -0.25) is 9.63 Å². The van der Waals surface area contributed by atoms with Crippen LogP contribution in [0.3, 0.4) is 0 Å². The van der Waals surface area contributed by atoms with Gasteiger partial charge in [-0.15, -0.1) is 0 Å². The van der Waals surface area contributed by atoms with Crippen molar-refractivity contribution in [2.24, 2.45) is 0 Å². The molecule has 1 unspecified atom stereocenters. The maximum atomic E-state index is 13.7. The molecule has 2 aromatic rings. The predicted octanol–water partition coefficient (Wildman–Crippen LogP) is 2.48. The van der Waals surface area contributed by atoms with Gasteiger partial charge < -0.3 is 9.84 Å². The van der Waals surface area contributed by atoms with Gasteiger partial charge in [0.1, 0.15) is 18.2 Å². The number of halogens is 1. The minimum absolute atomic E-state index is 0.000115. The lowest BCUT2D eigenvalue weighted by molar-refractivity contribution is -0.231. The number of carboxylic acids is 1. The van der Waals surface area contributed by atoms with Crippen molar-refractivity contribution in [1.29, 1.82) is 0 Å². The van der Waals surface area contributed by atoms with Crippen LogP contribution in [-0.2, 0) is 26.6 Å². The number of rotatable bonds is 6. The number of hydroxylamine groups is 2. The Bertz CT molecular complexity index is 782. The molecule has 0 saturated heterocycles. The summed E-state index contributed by atoms with van der Waals surface area (Å²) in [6.07, 6.45) is 0.239. The van der Waals surface area contributed by atoms with Gasteiger partial charge in [-0.1, -0.05) is 30.3 Å². The van der Waals surface area contributed by atoms with E-state index < -0.39 is 17.3 Å². The number of carboxylic acid groups (broad SMARTS) is 1. The summed E-state index contributed by atoms with van der Waals surface area (Å²) in [6, 6.07) is 12.6. The van der Waals surface area contributed by atoms with Crippen molar-refractivity contribution in [3.8, 4) is 5.75 Å². The lowest BCUT2D eigenvalue weighted by Crippen LogP contribution is -2.54. The summed E-state index contributed by atoms with van der Waals surface area (Å²) >= 11 is 0. The van der Waals surface area contributed by atoms with Gasteiger partial charge in [0.15, 0.2) is 5.54 Å². The summed E-state index contributed by atoms with van der Waals surface area (Å²) in [7, 11) is 0. The molecule has 6 nitrogen and oxygen atoms in total. The van der Waals surface area contributed by atoms with Crippen molar-refractivity contribution in [2.45, 2.75) is 18.6 Å². The van der Waals surface area contributed by atoms with E-state index in [1.165, 1.54) is 12.1 Å². The number of nitrogens with zero attached hydrogens (tertiary/aromatic N) is 1. The van der Waals surface area contributed by atoms with Crippen LogP contribution >= 0.6 is 0 Å². The minimum Gasteiger partial charge on any atom is -0.493 e. The molecule has 0 spiro atoms. The van der Waals surface area contributed by atoms with Crippen molar-refractivity contribution in [3.05, 3.63) is 65.5 Å². The Morgan fingerprint density at radius 1 is 1.32 bits per heavy atom. The van der Waals surface area contributed by atoms with Crippen molar-refractivity contribution < 1.29 is 28.7 Å². The third-order valence-corrected chi connectivity index (χ3v) is 4.15. The maximum absolute atomic E-state index is 13.7. The highest BCUT2D eigenvalue weighted by molar-refractivity contribution is 5.84. The molecule has 1 atom stereocenters. The van der Waals surface area contributed by atoms with Gasteiger partial charge >= 0.3 is 5.97 Å². The first-order chi connectivity index (χ1) is 12.1. The number of ether oxygens (including phenoxy) is 1. The van der Waals surface area contributed by atoms with Crippen molar-refractivity contribution in [2.75, 3.05) is 6.61 Å². The fourth-order valence-electron chi connectivity index (χ4n) is 2.89. The molecule has 0 saturated carbocycles. The first-order valence-corrected chi connectivity index (χ1v) is 7.65. The Labute approximate surface area is 143 Å². The number of fused-ring (bicyclic) bond motifs is 1. The number of hydrogen-bond acceptors (Lipinski definition) is 4. The standard InChI is InChI=1S/C18H16FNO5/c19-14-6-7-16-15(10-14)18(17(22)23,8-9-24-16)20(12-21)25-11-13-4-2-1-3-5-13/h1-7,10,12H,8-9,11H2,(H,22,23). The number of aliphatic carboxylic acids is 1. The largest absolute Gasteiger partial charge is 0.493 e. The molecule has 2 aromatic carbocycles. The summed E-state index contributed by atoms with van der Waals surface area (Å²) in [5.41, 5.74) is -1.04. The van der Waals surface area contributed by atoms with E-state index in [0.717, 1.165) is 16.7 Å². The predicted molar refractivity (Wildman–Crippen MR) is 85.0 cm³/mol. The van der Waals surface area contributed by atoms with Gasteiger partial charge in [0, 0.05) is 12.0 Å². The molecule has 1 aliphatic heterocycles. The highest BCUT2D eigenvalue weighted by Gasteiger charge is 2.51. The molecule has 7 heteroatoms. The van der Waals surface area contributed by atoms with Crippen molar-refractivity contribution in [3.63, 3.8) is 0 Å². The lowest BCUT2D eigenvalue weighted by Gasteiger charge is -2.40. The molecule has 0 radical (unpaired) electrons. The number of hydrogen-bond donors (Lipinski definition) is 1. The van der Waals surface area contributed by atoms with E-state index in [0.29, 0.717) is 6.41 Å². The molecule has 0 aromatic heterocycles. The number of carbonyl (C=O) groups is 2. The Kier molecular flexibility index (Phi) is 4.67. The van der Waals surface area contributed by atoms with Gasteiger partial charge in [0.25, 0.3) is 0 Å². The van der Waals surface area contributed by atoms with Crippen LogP contribution in [0.5, 0.6) is 5.75 Å². The zero-order valence-electron chi connectivity index (χ0n) is 13.2. The van der Waals surface area contributed by atoms with Crippen LogP contribution in [0.25, 0.3) is 0 Å². The zero-order chi connectivity index (χ0) is 17.9. The summed E-state index contributed by atoms with van der Waals surface area (Å²) in [5.74, 6) is -1.73. The van der Waals surface area contributed by atoms with E-state index in [1.54, 1.807) is 24.3 Å². The van der Waals surface area contributed by atoms with E-state index in [-0.39, 0.29) is 30.9 Å². The summed E-state index contributed by atoms with van der Waals surface area (Å²) in [5, 5.41) is 10.6. The smallest absolute Gasteiger partial charge is 0.337 e. The Morgan fingerprint density at radius 3 is 2.76 bits per heavy atom. The molecular formula is C18H16FNO5. The molecule has 0 aliphatic carbocycles. The number of carbonyl (C=O) groups excluding carboxylic acids is 1. The fraction of sp³-hybridized carbons (Fsp3) is 0.222. The van der Waals surface area contributed by atoms with E-state index in [1.807, 2.05) is 6.07 Å². The van der Waals surface area contributed by atoms with Crippen LogP contribution in [0.4, 0.5) is 4.39 Å². The van der Waals surface area contributed by atoms with Crippen molar-refractivity contribution in [1.82, 2.24) is 5.06 Å². The highest BCUT2D eigenvalue weighted by atomic mass is 19.1. The first-order valence-electron chi connectivity index (χ1n) is 7.65. The highest BCUT2D eigenvalue weighted by Crippen LogP contribution is 2.42. The first kappa shape index (κ1) is 16.9. The average Bonchev–Trinajstić information content (AvgIpc) is 2.63. The summed E-state index contributed by atoms with van der Waals surface area (Å²) < 4.78 is 19.1. The second kappa shape index (κ2) is 6.90. The second-order valence-corrected chi connectivity index (χ2v) is 5.59. The SMILES string of the molecule is O=CN(OCc1ccccc1)C1(C(=O)O)CCOc2ccc(F)cc21. The van der Waals surface area contributed by atoms with Crippen LogP contribution in [0.2, 0.25) is 0 Å². The lowest BCUT2D eigenvalue weighted by atomic mass is 9.84. The van der Waals surface area contributed by atoms with E-state index in [2.05, 4.69) is 0 Å². The average molecular weight is 345 g/mol. The molecule has 0 fully saturated rings. The Morgan fingerprint density at radius 2 is 2.08 bits per heavy atom. The van der Waals surface area contributed by atoms with Crippen LogP contribution in [-0.4, -0.2) is 29.2 Å². The monoisotopic (exact) mass is 345 g/mol. The molecule has 1 heterocycles. The quantitative estimate of drug-likeness (QED) is 0.643. The maximum Gasteiger partial charge on any atom is 0.337 e. The molecule has 1 N–H and O–H groups in total. The molecular weight excluding hydrogens is 329 g/mol. The van der Waals surface area contributed by atoms with Crippen LogP contribution in [0, 0.1) is 5.82 Å². The zero-order valence-corrected chi connectivity index (χ0v) is 13.2. The van der Waals surface area contributed by atoms with Gasteiger partial charge in [0.2, 0.25) is 6.41 Å². The molecule has 3 rings (SSSR count). The molecule has 130 valence electrons. The van der Waals surface area contributed by atoms with Gasteiger partial charge in [-0.05, 0) is 23.8 Å². The molecule has 25 heavy (non-hydrogen) atoms. The second-order valence-electron chi connectivity index (χ2n) is 5.59. The van der Waals surface area contributed by atoms with Gasteiger partial charge in [-0.2, -0.15) is 0 Å². The van der Waals surface area contributed by atoms with E-state index >= 15 is 0 Å². The summed E-state index contributed by atoms with van der Waals surface area (Å²) in [6.45, 7) is 0.0596. The molecule has 0 bridgehead atoms. The van der Waals surface area contributed by atoms with Gasteiger partial charge in [0.05, 0.1) is 6.61 Å². The topological polar surface area (TPSA) is 76.1 Å². The Balaban J connectivity index is 1.98. The van der Waals surface area contributed by atoms with E-state index in [4.69, 9.17) is 9.57 Å². The summed E-state index contributed by atoms with van der Waals surface area (Å²) in [4.78, 5) is 29.2.